The van der Waals surface area contributed by atoms with Gasteiger partial charge in [0.2, 0.25) is 0 Å². The number of hydrogen-bond acceptors (Lipinski definition) is 6. The molecular formula is C16H14N2O4S. The number of nitro groups is 1. The van der Waals surface area contributed by atoms with E-state index in [9.17, 15) is 14.9 Å². The molecule has 118 valence electrons. The largest absolute Gasteiger partial charge is 0.458 e. The Bertz CT molecular complexity index is 723. The highest BCUT2D eigenvalue weighted by molar-refractivity contribution is 7.97. The summed E-state index contributed by atoms with van der Waals surface area (Å²) in [6.45, 7) is 0. The molecule has 0 unspecified atom stereocenters. The van der Waals surface area contributed by atoms with Crippen LogP contribution in [0, 0.1) is 10.1 Å². The van der Waals surface area contributed by atoms with Gasteiger partial charge >= 0.3 is 5.97 Å². The Morgan fingerprint density at radius 2 is 1.83 bits per heavy atom. The molecule has 1 heterocycles. The number of rotatable bonds is 6. The molecule has 0 aliphatic carbocycles. The van der Waals surface area contributed by atoms with Crippen LogP contribution in [-0.2, 0) is 16.0 Å². The topological polar surface area (TPSA) is 81.5 Å². The van der Waals surface area contributed by atoms with Gasteiger partial charge in [-0.05, 0) is 23.6 Å². The van der Waals surface area contributed by atoms with E-state index in [2.05, 4.69) is 4.72 Å². The Morgan fingerprint density at radius 3 is 2.52 bits per heavy atom. The van der Waals surface area contributed by atoms with Gasteiger partial charge in [0.05, 0.1) is 4.92 Å². The van der Waals surface area contributed by atoms with Gasteiger partial charge in [-0.15, -0.1) is 0 Å². The molecule has 1 aliphatic heterocycles. The molecule has 2 aromatic carbocycles. The van der Waals surface area contributed by atoms with E-state index >= 15 is 0 Å². The minimum Gasteiger partial charge on any atom is -0.458 e. The molecule has 0 spiro atoms. The summed E-state index contributed by atoms with van der Waals surface area (Å²) in [6, 6.07) is 15.7. The predicted molar refractivity (Wildman–Crippen MR) is 85.9 cm³/mol. The van der Waals surface area contributed by atoms with E-state index in [0.29, 0.717) is 11.3 Å². The van der Waals surface area contributed by atoms with E-state index in [0.717, 1.165) is 17.5 Å². The van der Waals surface area contributed by atoms with Crippen LogP contribution in [0.2, 0.25) is 0 Å². The van der Waals surface area contributed by atoms with Crippen LogP contribution < -0.4 is 4.72 Å². The van der Waals surface area contributed by atoms with E-state index in [1.54, 1.807) is 18.2 Å². The van der Waals surface area contributed by atoms with Crippen LogP contribution in [0.5, 0.6) is 0 Å². The van der Waals surface area contributed by atoms with Crippen molar-refractivity contribution in [2.75, 3.05) is 0 Å². The highest BCUT2D eigenvalue weighted by Gasteiger charge is 2.42. The minimum absolute atomic E-state index is 0.0114. The van der Waals surface area contributed by atoms with Crippen molar-refractivity contribution in [3.63, 3.8) is 0 Å². The Labute approximate surface area is 137 Å². The number of nitrogens with one attached hydrogen (secondary N) is 1. The van der Waals surface area contributed by atoms with Gasteiger partial charge < -0.3 is 4.74 Å². The van der Waals surface area contributed by atoms with Gasteiger partial charge in [-0.3, -0.25) is 14.9 Å². The van der Waals surface area contributed by atoms with Gasteiger partial charge in [0.1, 0.15) is 11.0 Å². The maximum Gasteiger partial charge on any atom is 0.328 e. The number of ether oxygens (including phenoxy) is 1. The summed E-state index contributed by atoms with van der Waals surface area (Å²) in [5.74, 6) is -0.336. The number of nitro benzene ring substituents is 1. The normalized spacial score (nSPS) is 19.7. The third-order valence-corrected chi connectivity index (χ3v) is 4.47. The Balaban J connectivity index is 1.63. The second kappa shape index (κ2) is 6.80. The molecule has 6 nitrogen and oxygen atoms in total. The standard InChI is InChI=1S/C16H14N2O4S/c19-16-15(13(22-16)10-11-6-2-1-3-7-11)17-23-14-9-5-4-8-12(14)18(20)21/h1-9,13,15,17H,10H2/t13-,15+/m1/s1. The van der Waals surface area contributed by atoms with E-state index in [1.165, 1.54) is 6.07 Å². The maximum atomic E-state index is 11.6. The monoisotopic (exact) mass is 330 g/mol. The molecule has 0 radical (unpaired) electrons. The highest BCUT2D eigenvalue weighted by Crippen LogP contribution is 2.29. The Morgan fingerprint density at radius 1 is 1.13 bits per heavy atom. The first kappa shape index (κ1) is 15.5. The fraction of sp³-hybridized carbons (Fsp3) is 0.188. The van der Waals surface area contributed by atoms with Crippen LogP contribution in [0.15, 0.2) is 59.5 Å². The maximum absolute atomic E-state index is 11.6. The number of carbonyl (C=O) groups is 1. The molecule has 1 fully saturated rings. The highest BCUT2D eigenvalue weighted by atomic mass is 32.2. The van der Waals surface area contributed by atoms with Crippen molar-refractivity contribution in [3.05, 3.63) is 70.3 Å². The quantitative estimate of drug-likeness (QED) is 0.380. The summed E-state index contributed by atoms with van der Waals surface area (Å²) >= 11 is 1.08. The fourth-order valence-corrected chi connectivity index (χ4v) is 3.22. The first-order valence-corrected chi connectivity index (χ1v) is 7.87. The molecule has 1 aliphatic rings. The van der Waals surface area contributed by atoms with E-state index < -0.39 is 11.0 Å². The smallest absolute Gasteiger partial charge is 0.328 e. The average molecular weight is 330 g/mol. The third kappa shape index (κ3) is 3.52. The van der Waals surface area contributed by atoms with Crippen molar-refractivity contribution in [3.8, 4) is 0 Å². The van der Waals surface area contributed by atoms with Crippen LogP contribution in [0.3, 0.4) is 0 Å². The van der Waals surface area contributed by atoms with Crippen LogP contribution in [0.4, 0.5) is 5.69 Å². The van der Waals surface area contributed by atoms with Crippen molar-refractivity contribution in [2.45, 2.75) is 23.5 Å². The number of hydrogen-bond donors (Lipinski definition) is 1. The van der Waals surface area contributed by atoms with Crippen LogP contribution >= 0.6 is 11.9 Å². The van der Waals surface area contributed by atoms with Crippen LogP contribution in [0.1, 0.15) is 5.56 Å². The Hall–Kier alpha value is -2.38. The molecule has 23 heavy (non-hydrogen) atoms. The number of esters is 1. The van der Waals surface area contributed by atoms with Crippen molar-refractivity contribution in [2.24, 2.45) is 0 Å². The zero-order valence-corrected chi connectivity index (χ0v) is 12.9. The molecule has 0 bridgehead atoms. The molecule has 7 heteroatoms. The lowest BCUT2D eigenvalue weighted by molar-refractivity contribution is -0.387. The fourth-order valence-electron chi connectivity index (χ4n) is 2.32. The third-order valence-electron chi connectivity index (χ3n) is 3.53. The number of carbonyl (C=O) groups excluding carboxylic acids is 1. The van der Waals surface area contributed by atoms with E-state index in [-0.39, 0.29) is 17.8 Å². The molecule has 1 saturated heterocycles. The van der Waals surface area contributed by atoms with E-state index in [1.807, 2.05) is 30.3 Å². The molecule has 0 saturated carbocycles. The molecule has 0 amide bonds. The molecule has 0 aromatic heterocycles. The average Bonchev–Trinajstić information content (AvgIpc) is 2.55. The summed E-state index contributed by atoms with van der Waals surface area (Å²) < 4.78 is 8.16. The summed E-state index contributed by atoms with van der Waals surface area (Å²) in [6.07, 6.45) is 0.349. The summed E-state index contributed by atoms with van der Waals surface area (Å²) in [5.41, 5.74) is 1.09. The van der Waals surface area contributed by atoms with Gasteiger partial charge in [-0.2, -0.15) is 0 Å². The Kier molecular flexibility index (Phi) is 4.59. The molecule has 2 aromatic rings. The van der Waals surface area contributed by atoms with Crippen molar-refractivity contribution < 1.29 is 14.5 Å². The zero-order valence-electron chi connectivity index (χ0n) is 12.0. The minimum atomic E-state index is -0.472. The van der Waals surface area contributed by atoms with Crippen molar-refractivity contribution in [1.82, 2.24) is 4.72 Å². The second-order valence-corrected chi connectivity index (χ2v) is 5.97. The van der Waals surface area contributed by atoms with Gasteiger partial charge in [0, 0.05) is 12.5 Å². The lowest BCUT2D eigenvalue weighted by Crippen LogP contribution is -2.57. The first-order valence-electron chi connectivity index (χ1n) is 7.05. The van der Waals surface area contributed by atoms with Crippen LogP contribution in [0.25, 0.3) is 0 Å². The van der Waals surface area contributed by atoms with Crippen molar-refractivity contribution >= 4 is 23.6 Å². The van der Waals surface area contributed by atoms with Crippen LogP contribution in [-0.4, -0.2) is 23.0 Å². The predicted octanol–water partition coefficient (Wildman–Crippen LogP) is 2.73. The molecular weight excluding hydrogens is 316 g/mol. The second-order valence-electron chi connectivity index (χ2n) is 5.09. The lowest BCUT2D eigenvalue weighted by Gasteiger charge is -2.35. The lowest BCUT2D eigenvalue weighted by atomic mass is 9.99. The summed E-state index contributed by atoms with van der Waals surface area (Å²) in [7, 11) is 0. The summed E-state index contributed by atoms with van der Waals surface area (Å²) in [4.78, 5) is 22.7. The summed E-state index contributed by atoms with van der Waals surface area (Å²) in [5, 5.41) is 11.0. The number of cyclic esters (lactones) is 1. The number of nitrogens with zero attached hydrogens (tertiary/aromatic N) is 1. The number of para-hydroxylation sites is 1. The SMILES string of the molecule is O=C1O[C@H](Cc2ccccc2)[C@@H]1NSc1ccccc1[N+](=O)[O-]. The zero-order chi connectivity index (χ0) is 16.2. The molecule has 2 atom stereocenters. The van der Waals surface area contributed by atoms with Crippen molar-refractivity contribution in [1.29, 1.82) is 0 Å². The molecule has 1 N–H and O–H groups in total. The van der Waals surface area contributed by atoms with Gasteiger partial charge in [0.25, 0.3) is 5.69 Å². The van der Waals surface area contributed by atoms with Gasteiger partial charge in [-0.1, -0.05) is 42.5 Å². The first-order chi connectivity index (χ1) is 11.1. The van der Waals surface area contributed by atoms with Gasteiger partial charge in [-0.25, -0.2) is 4.72 Å². The molecule has 3 rings (SSSR count). The number of benzene rings is 2. The van der Waals surface area contributed by atoms with Gasteiger partial charge in [0.15, 0.2) is 6.04 Å². The van der Waals surface area contributed by atoms with E-state index in [4.69, 9.17) is 4.74 Å².